The van der Waals surface area contributed by atoms with E-state index in [4.69, 9.17) is 68.5 Å². The van der Waals surface area contributed by atoms with Crippen LogP contribution in [-0.2, 0) is 68.7 Å². The van der Waals surface area contributed by atoms with Crippen molar-refractivity contribution >= 4 is 77.3 Å². The minimum atomic E-state index is -5.32. The molecule has 30 heteroatoms. The smallest absolute Gasteiger partial charge is 0.268 e. The van der Waals surface area contributed by atoms with Crippen molar-refractivity contribution in [1.82, 2.24) is 14.9 Å². The molecule has 0 spiro atoms. The van der Waals surface area contributed by atoms with Crippen molar-refractivity contribution in [1.29, 1.82) is 0 Å². The Hall–Kier alpha value is -6.53. The number of nitrogens with one attached hydrogen (secondary N) is 1. The number of primary amides is 6. The number of amides is 7. The van der Waals surface area contributed by atoms with E-state index in [2.05, 4.69) is 10.3 Å². The van der Waals surface area contributed by atoms with Gasteiger partial charge in [-0.1, -0.05) is 40.7 Å². The summed E-state index contributed by atoms with van der Waals surface area (Å²) in [6.07, 6.45) is -4.79. The normalized spacial score (nSPS) is 33.5. The second-order valence-corrected chi connectivity index (χ2v) is 28.3. The minimum Gasteiger partial charge on any atom is -0.756 e. The average molecular weight is 1350 g/mol. The first-order valence-corrected chi connectivity index (χ1v) is 32.0. The monoisotopic (exact) mass is 1350 g/mol. The number of phosphoric ester groups is 1. The fourth-order valence-corrected chi connectivity index (χ4v) is 16.4. The van der Waals surface area contributed by atoms with Gasteiger partial charge in [0.2, 0.25) is 41.4 Å². The van der Waals surface area contributed by atoms with E-state index >= 15 is 0 Å². The van der Waals surface area contributed by atoms with Crippen LogP contribution in [0.5, 0.6) is 0 Å². The van der Waals surface area contributed by atoms with E-state index in [0.717, 1.165) is 11.1 Å². The summed E-state index contributed by atoms with van der Waals surface area (Å²) in [5.74, 6) is -7.40. The van der Waals surface area contributed by atoms with E-state index in [1.165, 1.54) is 17.8 Å². The van der Waals surface area contributed by atoms with Gasteiger partial charge in [-0.3, -0.25) is 53.1 Å². The van der Waals surface area contributed by atoms with Crippen LogP contribution in [0.3, 0.4) is 0 Å². The van der Waals surface area contributed by atoms with Crippen LogP contribution >= 0.6 is 7.82 Å². The van der Waals surface area contributed by atoms with Gasteiger partial charge in [-0.25, -0.2) is 4.98 Å². The summed E-state index contributed by atoms with van der Waals surface area (Å²) in [7, 11) is -5.32. The summed E-state index contributed by atoms with van der Waals surface area (Å²) >= 11 is 0. The Morgan fingerprint density at radius 3 is 1.96 bits per heavy atom. The third-order valence-corrected chi connectivity index (χ3v) is 21.6. The number of rotatable bonds is 26. The number of phosphoric acid groups is 1. The number of carbonyl (C=O) groups excluding carboxylic acids is 7. The molecule has 2 aromatic rings. The van der Waals surface area contributed by atoms with Crippen molar-refractivity contribution in [2.75, 3.05) is 13.2 Å². The molecule has 3 unspecified atom stereocenters. The molecule has 17 N–H and O–H groups in total. The van der Waals surface area contributed by atoms with Gasteiger partial charge < -0.3 is 84.0 Å². The zero-order chi connectivity index (χ0) is 66.7. The first-order chi connectivity index (χ1) is 41.8. The largest absolute Gasteiger partial charge is 0.756 e. The van der Waals surface area contributed by atoms with Crippen LogP contribution in [0.2, 0.25) is 0 Å². The molecule has 8 bridgehead atoms. The maximum Gasteiger partial charge on any atom is 0.268 e. The number of benzene rings is 1. The maximum absolute atomic E-state index is 14.4. The van der Waals surface area contributed by atoms with Gasteiger partial charge >= 0.3 is 0 Å². The number of aliphatic imine (C=N–C) groups is 3. The van der Waals surface area contributed by atoms with Gasteiger partial charge in [0.05, 0.1) is 41.3 Å². The summed E-state index contributed by atoms with van der Waals surface area (Å²) in [5.41, 5.74) is 36.7. The number of hydrogen-bond donors (Lipinski definition) is 9. The van der Waals surface area contributed by atoms with Crippen molar-refractivity contribution in [3.05, 3.63) is 69.2 Å². The summed E-state index contributed by atoms with van der Waals surface area (Å²) in [4.78, 5) is 128. The number of aromatic nitrogens is 2. The molecule has 8 rings (SSSR count). The van der Waals surface area contributed by atoms with Crippen LogP contribution in [0.25, 0.3) is 16.4 Å². The Morgan fingerprint density at radius 2 is 1.38 bits per heavy atom. The van der Waals surface area contributed by atoms with Crippen molar-refractivity contribution in [2.45, 2.75) is 189 Å². The Morgan fingerprint density at radius 1 is 0.793 bits per heavy atom. The van der Waals surface area contributed by atoms with E-state index in [9.17, 15) is 53.2 Å². The van der Waals surface area contributed by atoms with E-state index in [1.54, 1.807) is 6.92 Å². The number of aliphatic hydroxyl groups excluding tert-OH is 2. The molecule has 92 heavy (non-hydrogen) atoms. The first kappa shape index (κ1) is 74.5. The summed E-state index contributed by atoms with van der Waals surface area (Å²) in [6.45, 7) is 19.0. The quantitative estimate of drug-likeness (QED) is 0.0611. The minimum absolute atomic E-state index is 0. The summed E-state index contributed by atoms with van der Waals surface area (Å²) < 4.78 is 31.9. The fourth-order valence-electron chi connectivity index (χ4n) is 15.3. The van der Waals surface area contributed by atoms with Crippen molar-refractivity contribution in [3.63, 3.8) is 0 Å². The third-order valence-electron chi connectivity index (χ3n) is 20.5. The van der Waals surface area contributed by atoms with Gasteiger partial charge in [-0.05, 0) is 119 Å². The Balaban J connectivity index is 0.00000672. The molecule has 6 aliphatic heterocycles. The van der Waals surface area contributed by atoms with Gasteiger partial charge in [0, 0.05) is 125 Å². The molecular formula is C62H90CoN13O15P-2. The number of fused-ring (bicyclic) bond motifs is 7. The molecule has 28 nitrogen and oxygen atoms in total. The number of imidazole rings is 1. The molecule has 6 aliphatic rings. The first-order valence-electron chi connectivity index (χ1n) is 30.5. The molecule has 1 radical (unpaired) electrons. The fraction of sp³-hybridized carbons (Fsp3) is 0.629. The molecule has 509 valence electrons. The molecule has 2 saturated heterocycles. The van der Waals surface area contributed by atoms with Crippen LogP contribution in [-0.4, -0.2) is 133 Å². The van der Waals surface area contributed by atoms with Crippen molar-refractivity contribution in [3.8, 4) is 0 Å². The van der Waals surface area contributed by atoms with Gasteiger partial charge in [-0.15, -0.1) is 0 Å². The number of aryl methyl sites for hydroxylation is 2. The molecule has 1 aromatic carbocycles. The maximum atomic E-state index is 14.4. The number of aliphatic hydroxyl groups is 2. The average Bonchev–Trinajstić information content (AvgIpc) is 1.53. The SMILES string of the molecule is C/C1=C2/[N-][C@H]([C@H](CC(N)=O)[C@@]2(C)CCC(=O)NC[C@@H](C)OP(=O)([O-])OC2C(O)[C@@H](n3cnc4cc(C)c(C)cc43)O[C@H]2CO)[C@]2(C)N=C(/C(C)=C3N=C(/C=C4N=C1[C@@H](CCC(N)=O)C\4(C)C)[C@@H](CCC(N)=O)[C@]\3(C)CC(N)=O)[C@@H](CCC(N)=O)[C@]2(C)CC(N)=O.O.[Co]. The van der Waals surface area contributed by atoms with Gasteiger partial charge in [0.25, 0.3) is 7.82 Å². The van der Waals surface area contributed by atoms with E-state index in [1.807, 2.05) is 80.5 Å². The number of hydrogen-bond acceptors (Lipinski definition) is 18. The van der Waals surface area contributed by atoms with Crippen LogP contribution in [0.1, 0.15) is 150 Å². The van der Waals surface area contributed by atoms with Crippen LogP contribution in [0, 0.1) is 59.2 Å². The topological polar surface area (TPSA) is 496 Å². The standard InChI is InChI=1S/C62H90N13O14P.Co.H2O/c1-29-20-39-40(21-30(29)2)75(28-70-39)57-52(84)53(41(27-76)87-57)89-90(85,86)88-31(3)26-69-49(83)18-19-59(8)37(22-46(66)80)56-62(11)61(10,25-48(68)82)36(14-17-45(65)79)51(74-62)33(5)55-60(9,24-47(67)81)34(12-15-43(63)77)38(71-55)23-42-58(6,7)35(13-16-44(64)78)50(72-42)32(4)54(59)73-56;;/h20-21,23,28,31,34-37,41,52-53,56-57,76,84H,12-19,22,24-27H2,1-11H3,(H15,63,64,65,66,67,68,69,71,72,73,74,77,78,79,80,81,82,83,85,86);;1H2/p-2/t31-,34-,35-,36-,37+,41+,52?,53?,56-,57+,59-,60+,61+,62+;;/m1../s1. The molecule has 7 heterocycles. The number of carbonyl (C=O) groups is 7. The molecule has 15 atom stereocenters. The number of nitrogens with two attached hydrogens (primary N) is 6. The van der Waals surface area contributed by atoms with Crippen LogP contribution in [0.4, 0.5) is 0 Å². The van der Waals surface area contributed by atoms with E-state index in [-0.39, 0.29) is 99.4 Å². The van der Waals surface area contributed by atoms with E-state index in [0.29, 0.717) is 56.4 Å². The van der Waals surface area contributed by atoms with Gasteiger partial charge in [0.1, 0.15) is 18.3 Å². The second-order valence-electron chi connectivity index (χ2n) is 27.0. The Kier molecular flexibility index (Phi) is 22.5. The van der Waals surface area contributed by atoms with Gasteiger partial charge in [-0.2, -0.15) is 5.70 Å². The second kappa shape index (κ2) is 27.8. The zero-order valence-electron chi connectivity index (χ0n) is 54.0. The molecule has 0 aliphatic carbocycles. The molecule has 7 amide bonds. The predicted molar refractivity (Wildman–Crippen MR) is 335 cm³/mol. The van der Waals surface area contributed by atoms with Crippen LogP contribution in [0.15, 0.2) is 67.8 Å². The van der Waals surface area contributed by atoms with Gasteiger partial charge in [0.15, 0.2) is 6.23 Å². The van der Waals surface area contributed by atoms with Crippen molar-refractivity contribution < 1.29 is 89.3 Å². The number of allylic oxidation sites excluding steroid dienone is 6. The Labute approximate surface area is 545 Å². The Bertz CT molecular complexity index is 3550. The third kappa shape index (κ3) is 14.1. The number of ether oxygens (including phenoxy) is 1. The molecule has 0 saturated carbocycles. The molecule has 2 fully saturated rings. The van der Waals surface area contributed by atoms with Crippen molar-refractivity contribution in [2.24, 2.45) is 94.7 Å². The summed E-state index contributed by atoms with van der Waals surface area (Å²) in [5, 5.41) is 30.1. The van der Waals surface area contributed by atoms with Crippen LogP contribution < -0.4 is 44.6 Å². The van der Waals surface area contributed by atoms with E-state index < -0.39 is 143 Å². The molecule has 1 aromatic heterocycles. The zero-order valence-corrected chi connectivity index (χ0v) is 55.9. The summed E-state index contributed by atoms with van der Waals surface area (Å²) in [6, 6.07) is 2.65. The number of nitrogens with zero attached hydrogens (tertiary/aromatic N) is 6. The predicted octanol–water partition coefficient (Wildman–Crippen LogP) is 2.49. The molecular weight excluding hydrogens is 1260 g/mol.